The number of carbonyl (C=O) groups excluding carboxylic acids is 1. The molecule has 0 radical (unpaired) electrons. The lowest BCUT2D eigenvalue weighted by atomic mass is 10.3. The van der Waals surface area contributed by atoms with Gasteiger partial charge >= 0.3 is 0 Å². The van der Waals surface area contributed by atoms with Gasteiger partial charge in [-0.15, -0.1) is 11.8 Å². The number of thioether (sulfide) groups is 1. The van der Waals surface area contributed by atoms with Crippen molar-refractivity contribution in [2.24, 2.45) is 0 Å². The summed E-state index contributed by atoms with van der Waals surface area (Å²) in [7, 11) is 0. The van der Waals surface area contributed by atoms with Crippen molar-refractivity contribution in [3.8, 4) is 0 Å². The molecule has 1 heterocycles. The Morgan fingerprint density at radius 2 is 2.32 bits per heavy atom. The Bertz CT molecular complexity index is 600. The maximum Gasteiger partial charge on any atom is 0.237 e. The Morgan fingerprint density at radius 3 is 3.00 bits per heavy atom. The maximum atomic E-state index is 13.0. The highest BCUT2D eigenvalue weighted by Gasteiger charge is 2.09. The minimum atomic E-state index is -0.386. The number of nitrogens with zero attached hydrogens (tertiary/aromatic N) is 1. The summed E-state index contributed by atoms with van der Waals surface area (Å²) in [6.07, 6.45) is 0. The molecule has 0 atom stereocenters. The van der Waals surface area contributed by atoms with E-state index in [0.29, 0.717) is 16.3 Å². The van der Waals surface area contributed by atoms with Crippen molar-refractivity contribution in [3.05, 3.63) is 35.8 Å². The normalized spacial score (nSPS) is 10.4. The summed E-state index contributed by atoms with van der Waals surface area (Å²) in [5, 5.41) is 6.19. The number of hydrogen-bond donors (Lipinski definition) is 2. The minimum Gasteiger partial charge on any atom is -0.398 e. The van der Waals surface area contributed by atoms with Crippen LogP contribution in [0.3, 0.4) is 0 Å². The van der Waals surface area contributed by atoms with Gasteiger partial charge in [-0.05, 0) is 25.1 Å². The lowest BCUT2D eigenvalue weighted by Crippen LogP contribution is -2.13. The number of rotatable bonds is 4. The first-order valence-corrected chi connectivity index (χ1v) is 6.44. The van der Waals surface area contributed by atoms with Crippen LogP contribution in [0.1, 0.15) is 5.69 Å². The number of aryl methyl sites for hydroxylation is 1. The van der Waals surface area contributed by atoms with E-state index in [0.717, 1.165) is 11.8 Å². The Kier molecular flexibility index (Phi) is 4.06. The number of hydrogen-bond acceptors (Lipinski definition) is 5. The first-order chi connectivity index (χ1) is 9.04. The Balaban J connectivity index is 1.91. The van der Waals surface area contributed by atoms with Crippen LogP contribution in [0.2, 0.25) is 0 Å². The molecule has 0 fully saturated rings. The van der Waals surface area contributed by atoms with Crippen LogP contribution in [0.4, 0.5) is 16.0 Å². The topological polar surface area (TPSA) is 81.2 Å². The van der Waals surface area contributed by atoms with Crippen molar-refractivity contribution in [3.63, 3.8) is 0 Å². The SMILES string of the molecule is Cc1cc(NC(=O)CSc2cc(F)ccc2N)on1. The minimum absolute atomic E-state index is 0.105. The van der Waals surface area contributed by atoms with Crippen LogP contribution in [-0.2, 0) is 4.79 Å². The molecule has 1 aromatic carbocycles. The second-order valence-corrected chi connectivity index (χ2v) is 4.87. The van der Waals surface area contributed by atoms with Gasteiger partial charge in [0.05, 0.1) is 11.4 Å². The second-order valence-electron chi connectivity index (χ2n) is 3.85. The molecule has 0 aliphatic carbocycles. The van der Waals surface area contributed by atoms with Gasteiger partial charge in [0.25, 0.3) is 0 Å². The molecule has 7 heteroatoms. The Morgan fingerprint density at radius 1 is 1.53 bits per heavy atom. The zero-order valence-electron chi connectivity index (χ0n) is 10.1. The molecule has 0 aliphatic heterocycles. The fraction of sp³-hybridized carbons (Fsp3) is 0.167. The van der Waals surface area contributed by atoms with Crippen LogP contribution in [0, 0.1) is 12.7 Å². The van der Waals surface area contributed by atoms with Crippen LogP contribution in [0.25, 0.3) is 0 Å². The average molecular weight is 281 g/mol. The van der Waals surface area contributed by atoms with Crippen molar-refractivity contribution in [2.45, 2.75) is 11.8 Å². The van der Waals surface area contributed by atoms with E-state index in [-0.39, 0.29) is 23.4 Å². The van der Waals surface area contributed by atoms with E-state index in [2.05, 4.69) is 10.5 Å². The summed E-state index contributed by atoms with van der Waals surface area (Å²) >= 11 is 1.16. The fourth-order valence-electron chi connectivity index (χ4n) is 1.37. The van der Waals surface area contributed by atoms with Crippen LogP contribution in [0.5, 0.6) is 0 Å². The molecule has 5 nitrogen and oxygen atoms in total. The van der Waals surface area contributed by atoms with E-state index in [1.165, 1.54) is 18.2 Å². The van der Waals surface area contributed by atoms with Crippen LogP contribution in [-0.4, -0.2) is 16.8 Å². The van der Waals surface area contributed by atoms with Crippen LogP contribution >= 0.6 is 11.8 Å². The highest BCUT2D eigenvalue weighted by Crippen LogP contribution is 2.25. The first-order valence-electron chi connectivity index (χ1n) is 5.45. The van der Waals surface area contributed by atoms with Gasteiger partial charge in [0.1, 0.15) is 5.82 Å². The average Bonchev–Trinajstić information content (AvgIpc) is 2.76. The van der Waals surface area contributed by atoms with E-state index < -0.39 is 0 Å². The number of benzene rings is 1. The molecular weight excluding hydrogens is 269 g/mol. The molecule has 0 saturated carbocycles. The van der Waals surface area contributed by atoms with Crippen molar-refractivity contribution < 1.29 is 13.7 Å². The quantitative estimate of drug-likeness (QED) is 0.664. The monoisotopic (exact) mass is 281 g/mol. The van der Waals surface area contributed by atoms with E-state index in [1.54, 1.807) is 13.0 Å². The van der Waals surface area contributed by atoms with Gasteiger partial charge in [-0.2, -0.15) is 0 Å². The number of halogens is 1. The molecule has 1 amide bonds. The lowest BCUT2D eigenvalue weighted by molar-refractivity contribution is -0.113. The van der Waals surface area contributed by atoms with Gasteiger partial charge in [-0.1, -0.05) is 5.16 Å². The van der Waals surface area contributed by atoms with Gasteiger partial charge in [0.15, 0.2) is 0 Å². The van der Waals surface area contributed by atoms with Gasteiger partial charge in [-0.25, -0.2) is 4.39 Å². The van der Waals surface area contributed by atoms with Gasteiger partial charge in [0, 0.05) is 16.6 Å². The maximum absolute atomic E-state index is 13.0. The molecule has 0 saturated heterocycles. The Hall–Kier alpha value is -2.02. The first kappa shape index (κ1) is 13.4. The zero-order chi connectivity index (χ0) is 13.8. The standard InChI is InChI=1S/C12H12FN3O2S/c1-7-4-12(18-16-7)15-11(17)6-19-10-5-8(13)2-3-9(10)14/h2-5H,6,14H2,1H3,(H,15,17). The number of nitrogen functional groups attached to an aromatic ring is 1. The van der Waals surface area contributed by atoms with Crippen molar-refractivity contribution in [2.75, 3.05) is 16.8 Å². The molecule has 100 valence electrons. The van der Waals surface area contributed by atoms with Crippen LogP contribution < -0.4 is 11.1 Å². The molecule has 3 N–H and O–H groups in total. The third-order valence-corrected chi connectivity index (χ3v) is 3.30. The molecule has 2 aromatic rings. The molecule has 1 aromatic heterocycles. The summed E-state index contributed by atoms with van der Waals surface area (Å²) in [5.74, 6) is -0.268. The summed E-state index contributed by atoms with van der Waals surface area (Å²) < 4.78 is 17.9. The number of anilines is 2. The van der Waals surface area contributed by atoms with E-state index in [1.807, 2.05) is 0 Å². The highest BCUT2D eigenvalue weighted by molar-refractivity contribution is 8.00. The van der Waals surface area contributed by atoms with Crippen molar-refractivity contribution in [1.82, 2.24) is 5.16 Å². The summed E-state index contributed by atoms with van der Waals surface area (Å²) in [4.78, 5) is 12.2. The van der Waals surface area contributed by atoms with Crippen LogP contribution in [0.15, 0.2) is 33.7 Å². The predicted octanol–water partition coefficient (Wildman–Crippen LogP) is 2.44. The predicted molar refractivity (Wildman–Crippen MR) is 71.4 cm³/mol. The number of aromatic nitrogens is 1. The smallest absolute Gasteiger partial charge is 0.237 e. The zero-order valence-corrected chi connectivity index (χ0v) is 11.0. The third kappa shape index (κ3) is 3.72. The third-order valence-electron chi connectivity index (χ3n) is 2.22. The number of amides is 1. The van der Waals surface area contributed by atoms with Gasteiger partial charge in [0.2, 0.25) is 11.8 Å². The van der Waals surface area contributed by atoms with Gasteiger partial charge < -0.3 is 10.3 Å². The summed E-state index contributed by atoms with van der Waals surface area (Å²) in [6, 6.07) is 5.65. The molecule has 0 spiro atoms. The molecule has 0 aliphatic rings. The Labute approximate surface area is 113 Å². The summed E-state index contributed by atoms with van der Waals surface area (Å²) in [5.41, 5.74) is 6.80. The summed E-state index contributed by atoms with van der Waals surface area (Å²) in [6.45, 7) is 1.75. The number of nitrogens with one attached hydrogen (secondary N) is 1. The van der Waals surface area contributed by atoms with Gasteiger partial charge in [-0.3, -0.25) is 10.1 Å². The highest BCUT2D eigenvalue weighted by atomic mass is 32.2. The van der Waals surface area contributed by atoms with E-state index in [9.17, 15) is 9.18 Å². The number of nitrogens with two attached hydrogens (primary N) is 1. The van der Waals surface area contributed by atoms with E-state index >= 15 is 0 Å². The fourth-order valence-corrected chi connectivity index (χ4v) is 2.16. The molecule has 2 rings (SSSR count). The van der Waals surface area contributed by atoms with Crippen molar-refractivity contribution >= 4 is 29.2 Å². The second kappa shape index (κ2) is 5.75. The molecule has 0 unspecified atom stereocenters. The van der Waals surface area contributed by atoms with E-state index in [4.69, 9.17) is 10.3 Å². The number of carbonyl (C=O) groups is 1. The largest absolute Gasteiger partial charge is 0.398 e. The molecular formula is C12H12FN3O2S. The lowest BCUT2D eigenvalue weighted by Gasteiger charge is -2.05. The van der Waals surface area contributed by atoms with Crippen molar-refractivity contribution in [1.29, 1.82) is 0 Å². The molecule has 19 heavy (non-hydrogen) atoms. The molecule has 0 bridgehead atoms.